The summed E-state index contributed by atoms with van der Waals surface area (Å²) in [6.45, 7) is 2.86. The SMILES string of the molecule is COc1ccccc1[C@@H](C)NC1CCCCNC1=O. The Morgan fingerprint density at radius 1 is 1.37 bits per heavy atom. The zero-order valence-corrected chi connectivity index (χ0v) is 11.6. The maximum Gasteiger partial charge on any atom is 0.237 e. The number of benzene rings is 1. The average Bonchev–Trinajstić information content (AvgIpc) is 2.64. The molecule has 4 heteroatoms. The molecule has 2 rings (SSSR count). The van der Waals surface area contributed by atoms with Gasteiger partial charge in [-0.25, -0.2) is 0 Å². The highest BCUT2D eigenvalue weighted by Gasteiger charge is 2.23. The van der Waals surface area contributed by atoms with Gasteiger partial charge in [-0.3, -0.25) is 10.1 Å². The number of hydrogen-bond acceptors (Lipinski definition) is 3. The van der Waals surface area contributed by atoms with Crippen LogP contribution in [-0.4, -0.2) is 25.6 Å². The van der Waals surface area contributed by atoms with Crippen LogP contribution < -0.4 is 15.4 Å². The van der Waals surface area contributed by atoms with E-state index < -0.39 is 0 Å². The topological polar surface area (TPSA) is 50.4 Å². The third kappa shape index (κ3) is 3.47. The third-order valence-electron chi connectivity index (χ3n) is 3.59. The number of methoxy groups -OCH3 is 1. The fourth-order valence-electron chi connectivity index (χ4n) is 2.51. The monoisotopic (exact) mass is 262 g/mol. The van der Waals surface area contributed by atoms with E-state index in [0.717, 1.165) is 37.1 Å². The molecule has 0 saturated carbocycles. The van der Waals surface area contributed by atoms with Crippen molar-refractivity contribution in [1.29, 1.82) is 0 Å². The molecule has 0 bridgehead atoms. The van der Waals surface area contributed by atoms with Crippen molar-refractivity contribution >= 4 is 5.91 Å². The molecule has 1 aromatic carbocycles. The van der Waals surface area contributed by atoms with Crippen LogP contribution in [0.4, 0.5) is 0 Å². The van der Waals surface area contributed by atoms with Gasteiger partial charge in [0.1, 0.15) is 5.75 Å². The minimum atomic E-state index is -0.109. The summed E-state index contributed by atoms with van der Waals surface area (Å²) < 4.78 is 5.37. The molecular formula is C15H22N2O2. The number of ether oxygens (including phenoxy) is 1. The number of rotatable bonds is 4. The summed E-state index contributed by atoms with van der Waals surface area (Å²) >= 11 is 0. The second kappa shape index (κ2) is 6.57. The number of hydrogen-bond donors (Lipinski definition) is 2. The average molecular weight is 262 g/mol. The van der Waals surface area contributed by atoms with Gasteiger partial charge in [-0.2, -0.15) is 0 Å². The fourth-order valence-corrected chi connectivity index (χ4v) is 2.51. The highest BCUT2D eigenvalue weighted by molar-refractivity contribution is 5.82. The van der Waals surface area contributed by atoms with E-state index in [4.69, 9.17) is 4.74 Å². The van der Waals surface area contributed by atoms with Crippen LogP contribution in [0.2, 0.25) is 0 Å². The van der Waals surface area contributed by atoms with Crippen LogP contribution in [0.3, 0.4) is 0 Å². The van der Waals surface area contributed by atoms with Gasteiger partial charge < -0.3 is 10.1 Å². The zero-order valence-electron chi connectivity index (χ0n) is 11.6. The molecule has 1 amide bonds. The van der Waals surface area contributed by atoms with Crippen LogP contribution in [-0.2, 0) is 4.79 Å². The summed E-state index contributed by atoms with van der Waals surface area (Å²) in [5.74, 6) is 0.968. The lowest BCUT2D eigenvalue weighted by atomic mass is 10.0. The Morgan fingerprint density at radius 3 is 2.95 bits per heavy atom. The minimum Gasteiger partial charge on any atom is -0.496 e. The molecule has 1 aromatic rings. The van der Waals surface area contributed by atoms with Gasteiger partial charge in [0, 0.05) is 18.2 Å². The van der Waals surface area contributed by atoms with Crippen LogP contribution in [0.25, 0.3) is 0 Å². The maximum absolute atomic E-state index is 11.9. The Morgan fingerprint density at radius 2 is 2.16 bits per heavy atom. The van der Waals surface area contributed by atoms with Crippen LogP contribution in [0.5, 0.6) is 5.75 Å². The largest absolute Gasteiger partial charge is 0.496 e. The van der Waals surface area contributed by atoms with Crippen molar-refractivity contribution in [3.63, 3.8) is 0 Å². The van der Waals surface area contributed by atoms with E-state index in [1.54, 1.807) is 7.11 Å². The molecule has 4 nitrogen and oxygen atoms in total. The van der Waals surface area contributed by atoms with Crippen molar-refractivity contribution < 1.29 is 9.53 Å². The van der Waals surface area contributed by atoms with Crippen LogP contribution in [0, 0.1) is 0 Å². The van der Waals surface area contributed by atoms with E-state index in [1.807, 2.05) is 24.3 Å². The van der Waals surface area contributed by atoms with E-state index in [9.17, 15) is 4.79 Å². The molecule has 1 aliphatic heterocycles. The predicted molar refractivity (Wildman–Crippen MR) is 75.2 cm³/mol. The first-order chi connectivity index (χ1) is 9.22. The zero-order chi connectivity index (χ0) is 13.7. The molecule has 1 heterocycles. The van der Waals surface area contributed by atoms with Gasteiger partial charge in [0.05, 0.1) is 13.2 Å². The summed E-state index contributed by atoms with van der Waals surface area (Å²) in [7, 11) is 1.67. The van der Waals surface area contributed by atoms with E-state index in [0.29, 0.717) is 0 Å². The number of carbonyl (C=O) groups excluding carboxylic acids is 1. The molecule has 1 unspecified atom stereocenters. The molecule has 104 valence electrons. The molecular weight excluding hydrogens is 240 g/mol. The van der Waals surface area contributed by atoms with Crippen molar-refractivity contribution in [2.75, 3.05) is 13.7 Å². The highest BCUT2D eigenvalue weighted by atomic mass is 16.5. The first-order valence-electron chi connectivity index (χ1n) is 6.89. The Bertz CT molecular complexity index is 434. The lowest BCUT2D eigenvalue weighted by Crippen LogP contribution is -2.43. The Labute approximate surface area is 114 Å². The predicted octanol–water partition coefficient (Wildman–Crippen LogP) is 2.01. The summed E-state index contributed by atoms with van der Waals surface area (Å²) in [6, 6.07) is 7.90. The molecule has 0 aromatic heterocycles. The van der Waals surface area contributed by atoms with E-state index in [-0.39, 0.29) is 18.0 Å². The van der Waals surface area contributed by atoms with Gasteiger partial charge in [-0.15, -0.1) is 0 Å². The molecule has 1 saturated heterocycles. The van der Waals surface area contributed by atoms with Gasteiger partial charge in [-0.05, 0) is 32.3 Å². The fraction of sp³-hybridized carbons (Fsp3) is 0.533. The molecule has 0 spiro atoms. The summed E-state index contributed by atoms with van der Waals surface area (Å²) in [5.41, 5.74) is 1.09. The van der Waals surface area contributed by atoms with Gasteiger partial charge in [0.2, 0.25) is 5.91 Å². The summed E-state index contributed by atoms with van der Waals surface area (Å²) in [5, 5.41) is 6.35. The molecule has 1 fully saturated rings. The van der Waals surface area contributed by atoms with Crippen LogP contribution in [0.15, 0.2) is 24.3 Å². The third-order valence-corrected chi connectivity index (χ3v) is 3.59. The molecule has 19 heavy (non-hydrogen) atoms. The van der Waals surface area contributed by atoms with Crippen molar-refractivity contribution in [3.05, 3.63) is 29.8 Å². The molecule has 1 aliphatic rings. The molecule has 2 atom stereocenters. The van der Waals surface area contributed by atoms with E-state index in [2.05, 4.69) is 17.6 Å². The first-order valence-corrected chi connectivity index (χ1v) is 6.89. The van der Waals surface area contributed by atoms with Gasteiger partial charge in [-0.1, -0.05) is 18.2 Å². The molecule has 0 radical (unpaired) electrons. The number of amides is 1. The second-order valence-electron chi connectivity index (χ2n) is 4.97. The quantitative estimate of drug-likeness (QED) is 0.872. The van der Waals surface area contributed by atoms with Gasteiger partial charge >= 0.3 is 0 Å². The van der Waals surface area contributed by atoms with E-state index >= 15 is 0 Å². The summed E-state index contributed by atoms with van der Waals surface area (Å²) in [4.78, 5) is 11.9. The lowest BCUT2D eigenvalue weighted by molar-refractivity contribution is -0.123. The van der Waals surface area contributed by atoms with Gasteiger partial charge in [0.25, 0.3) is 0 Å². The maximum atomic E-state index is 11.9. The highest BCUT2D eigenvalue weighted by Crippen LogP contribution is 2.25. The smallest absolute Gasteiger partial charge is 0.237 e. The number of nitrogens with one attached hydrogen (secondary N) is 2. The number of carbonyl (C=O) groups is 1. The van der Waals surface area contributed by atoms with Crippen molar-refractivity contribution in [2.45, 2.75) is 38.3 Å². The molecule has 0 aliphatic carbocycles. The first kappa shape index (κ1) is 13.9. The normalized spacial score (nSPS) is 21.4. The second-order valence-corrected chi connectivity index (χ2v) is 4.97. The Balaban J connectivity index is 2.07. The molecule has 2 N–H and O–H groups in total. The van der Waals surface area contributed by atoms with Crippen molar-refractivity contribution in [1.82, 2.24) is 10.6 Å². The standard InChI is InChI=1S/C15H22N2O2/c1-11(12-7-3-4-9-14(12)19-2)17-13-8-5-6-10-16-15(13)18/h3-4,7,9,11,13,17H,5-6,8,10H2,1-2H3,(H,16,18)/t11-,13?/m1/s1. The Kier molecular flexibility index (Phi) is 4.80. The lowest BCUT2D eigenvalue weighted by Gasteiger charge is -2.22. The van der Waals surface area contributed by atoms with Gasteiger partial charge in [0.15, 0.2) is 0 Å². The number of para-hydroxylation sites is 1. The minimum absolute atomic E-state index is 0.0880. The van der Waals surface area contributed by atoms with Crippen molar-refractivity contribution in [2.24, 2.45) is 0 Å². The van der Waals surface area contributed by atoms with Crippen LogP contribution in [0.1, 0.15) is 37.8 Å². The Hall–Kier alpha value is -1.55. The summed E-state index contributed by atoms with van der Waals surface area (Å²) in [6.07, 6.45) is 3.04. The van der Waals surface area contributed by atoms with Crippen molar-refractivity contribution in [3.8, 4) is 5.75 Å². The van der Waals surface area contributed by atoms with E-state index in [1.165, 1.54) is 0 Å². The van der Waals surface area contributed by atoms with Crippen LogP contribution >= 0.6 is 0 Å².